The molecule has 0 amide bonds. The van der Waals surface area contributed by atoms with Crippen LogP contribution in [0.4, 0.5) is 0 Å². The fraction of sp³-hybridized carbons (Fsp3) is 0.381. The Bertz CT molecular complexity index is 1150. The van der Waals surface area contributed by atoms with Gasteiger partial charge in [0, 0.05) is 12.0 Å². The van der Waals surface area contributed by atoms with Crippen LogP contribution in [0.2, 0.25) is 0 Å². The van der Waals surface area contributed by atoms with Gasteiger partial charge in [-0.05, 0) is 35.7 Å². The van der Waals surface area contributed by atoms with Gasteiger partial charge in [-0.25, -0.2) is 14.5 Å². The van der Waals surface area contributed by atoms with Crippen LogP contribution in [0.5, 0.6) is 5.75 Å². The molecule has 0 saturated carbocycles. The number of fused-ring (bicyclic) bond motifs is 5. The highest BCUT2D eigenvalue weighted by Crippen LogP contribution is 2.34. The van der Waals surface area contributed by atoms with Crippen LogP contribution in [0.1, 0.15) is 24.3 Å². The maximum Gasteiger partial charge on any atom is 0.182 e. The first-order valence-electron chi connectivity index (χ1n) is 9.78. The van der Waals surface area contributed by atoms with E-state index >= 15 is 0 Å². The molecule has 0 bridgehead atoms. The van der Waals surface area contributed by atoms with Crippen LogP contribution in [0.25, 0.3) is 27.3 Å². The summed E-state index contributed by atoms with van der Waals surface area (Å²) < 4.78 is 7.60. The lowest BCUT2D eigenvalue weighted by Gasteiger charge is -2.19. The van der Waals surface area contributed by atoms with Gasteiger partial charge in [-0.3, -0.25) is 0 Å². The summed E-state index contributed by atoms with van der Waals surface area (Å²) >= 11 is 1.80. The summed E-state index contributed by atoms with van der Waals surface area (Å²) in [6, 6.07) is 8.03. The van der Waals surface area contributed by atoms with Crippen LogP contribution in [0, 0.1) is 5.92 Å². The normalized spacial score (nSPS) is 16.8. The first kappa shape index (κ1) is 17.6. The molecule has 0 saturated heterocycles. The zero-order valence-electron chi connectivity index (χ0n) is 16.4. The summed E-state index contributed by atoms with van der Waals surface area (Å²) in [6.45, 7) is 7.23. The van der Waals surface area contributed by atoms with Crippen molar-refractivity contribution in [3.63, 3.8) is 0 Å². The van der Waals surface area contributed by atoms with E-state index in [-0.39, 0.29) is 0 Å². The van der Waals surface area contributed by atoms with Crippen LogP contribution in [0.3, 0.4) is 0 Å². The molecule has 4 aromatic rings. The molecule has 0 radical (unpaired) electrons. The van der Waals surface area contributed by atoms with Crippen molar-refractivity contribution in [2.75, 3.05) is 20.2 Å². The minimum atomic E-state index is 0.507. The molecular weight excluding hydrogens is 370 g/mol. The van der Waals surface area contributed by atoms with E-state index in [0.717, 1.165) is 53.7 Å². The fourth-order valence-corrected chi connectivity index (χ4v) is 4.99. The third-order valence-corrected chi connectivity index (χ3v) is 6.31. The molecule has 7 heteroatoms. The van der Waals surface area contributed by atoms with Gasteiger partial charge in [0.1, 0.15) is 23.5 Å². The van der Waals surface area contributed by atoms with Crippen molar-refractivity contribution in [2.24, 2.45) is 5.92 Å². The van der Waals surface area contributed by atoms with E-state index in [1.54, 1.807) is 22.6 Å². The van der Waals surface area contributed by atoms with Gasteiger partial charge in [-0.2, -0.15) is 0 Å². The number of aromatic nitrogens is 4. The molecule has 0 spiro atoms. The Morgan fingerprint density at radius 3 is 2.86 bits per heavy atom. The average Bonchev–Trinajstić information content (AvgIpc) is 3.27. The standard InChI is InChI=1S/C21H23N5OS/c1-13(2)11-27-15-6-4-14(5-7-15)19-23-20-18-16-8-9-25(3)10-17(16)28-21(18)22-12-26(20)24-19/h4-7,12-13H,8-11H2,1-3H3/p+1. The summed E-state index contributed by atoms with van der Waals surface area (Å²) in [6.07, 6.45) is 2.86. The summed E-state index contributed by atoms with van der Waals surface area (Å²) in [4.78, 5) is 13.6. The van der Waals surface area contributed by atoms with Crippen LogP contribution in [0.15, 0.2) is 30.6 Å². The number of nitrogens with zero attached hydrogens (tertiary/aromatic N) is 4. The van der Waals surface area contributed by atoms with Crippen LogP contribution < -0.4 is 9.64 Å². The smallest absolute Gasteiger partial charge is 0.182 e. The number of nitrogens with one attached hydrogen (secondary N) is 1. The average molecular weight is 395 g/mol. The molecule has 0 fully saturated rings. The summed E-state index contributed by atoms with van der Waals surface area (Å²) in [7, 11) is 2.25. The number of rotatable bonds is 4. The van der Waals surface area contributed by atoms with Crippen molar-refractivity contribution in [1.82, 2.24) is 19.6 Å². The summed E-state index contributed by atoms with van der Waals surface area (Å²) in [5, 5.41) is 5.87. The molecular formula is C21H24N5OS+. The predicted octanol–water partition coefficient (Wildman–Crippen LogP) is 2.61. The highest BCUT2D eigenvalue weighted by Gasteiger charge is 2.24. The Morgan fingerprint density at radius 2 is 2.07 bits per heavy atom. The van der Waals surface area contributed by atoms with Gasteiger partial charge in [-0.15, -0.1) is 16.4 Å². The van der Waals surface area contributed by atoms with Crippen molar-refractivity contribution in [1.29, 1.82) is 0 Å². The highest BCUT2D eigenvalue weighted by atomic mass is 32.1. The predicted molar refractivity (Wildman–Crippen MR) is 111 cm³/mol. The van der Waals surface area contributed by atoms with Gasteiger partial charge < -0.3 is 9.64 Å². The van der Waals surface area contributed by atoms with E-state index in [1.165, 1.54) is 15.8 Å². The lowest BCUT2D eigenvalue weighted by atomic mass is 10.1. The zero-order valence-corrected chi connectivity index (χ0v) is 17.2. The monoisotopic (exact) mass is 394 g/mol. The van der Waals surface area contributed by atoms with Crippen molar-refractivity contribution < 1.29 is 9.64 Å². The molecule has 0 aliphatic carbocycles. The number of ether oxygens (including phenoxy) is 1. The first-order chi connectivity index (χ1) is 13.6. The third kappa shape index (κ3) is 3.04. The van der Waals surface area contributed by atoms with Gasteiger partial charge in [0.05, 0.1) is 30.5 Å². The van der Waals surface area contributed by atoms with Crippen LogP contribution in [-0.2, 0) is 13.0 Å². The van der Waals surface area contributed by atoms with E-state index in [4.69, 9.17) is 9.72 Å². The molecule has 1 unspecified atom stereocenters. The van der Waals surface area contributed by atoms with Crippen molar-refractivity contribution in [2.45, 2.75) is 26.8 Å². The summed E-state index contributed by atoms with van der Waals surface area (Å²) in [5.41, 5.74) is 3.32. The van der Waals surface area contributed by atoms with Gasteiger partial charge in [0.25, 0.3) is 0 Å². The lowest BCUT2D eigenvalue weighted by Crippen LogP contribution is -3.08. The molecule has 1 aromatic carbocycles. The molecule has 1 aliphatic rings. The van der Waals surface area contributed by atoms with Crippen LogP contribution in [-0.4, -0.2) is 39.8 Å². The van der Waals surface area contributed by atoms with Gasteiger partial charge >= 0.3 is 0 Å². The summed E-state index contributed by atoms with van der Waals surface area (Å²) in [5.74, 6) is 2.11. The molecule has 4 heterocycles. The van der Waals surface area contributed by atoms with Gasteiger partial charge in [0.15, 0.2) is 11.5 Å². The van der Waals surface area contributed by atoms with Crippen molar-refractivity contribution >= 4 is 27.2 Å². The molecule has 144 valence electrons. The Kier molecular flexibility index (Phi) is 4.29. The Balaban J connectivity index is 1.54. The minimum Gasteiger partial charge on any atom is -0.493 e. The van der Waals surface area contributed by atoms with E-state index < -0.39 is 0 Å². The number of thiophene rings is 1. The lowest BCUT2D eigenvalue weighted by molar-refractivity contribution is -0.895. The maximum atomic E-state index is 5.78. The first-order valence-corrected chi connectivity index (χ1v) is 10.6. The number of hydrogen-bond acceptors (Lipinski definition) is 5. The van der Waals surface area contributed by atoms with Gasteiger partial charge in [0.2, 0.25) is 0 Å². The molecule has 28 heavy (non-hydrogen) atoms. The van der Waals surface area contributed by atoms with E-state index in [0.29, 0.717) is 5.92 Å². The second kappa shape index (κ2) is 6.83. The number of quaternary nitrogens is 1. The van der Waals surface area contributed by atoms with Crippen molar-refractivity contribution in [3.05, 3.63) is 41.0 Å². The SMILES string of the molecule is CC(C)COc1ccc(-c2nc3c4c5c(sc4ncn3n2)C[NH+](C)CC5)cc1. The second-order valence-corrected chi connectivity index (χ2v) is 9.08. The largest absolute Gasteiger partial charge is 0.493 e. The molecule has 6 nitrogen and oxygen atoms in total. The molecule has 1 atom stereocenters. The molecule has 1 N–H and O–H groups in total. The third-order valence-electron chi connectivity index (χ3n) is 5.17. The van der Waals surface area contributed by atoms with E-state index in [1.807, 2.05) is 28.8 Å². The van der Waals surface area contributed by atoms with Crippen molar-refractivity contribution in [3.8, 4) is 17.1 Å². The topological polar surface area (TPSA) is 56.8 Å². The van der Waals surface area contributed by atoms with E-state index in [9.17, 15) is 0 Å². The van der Waals surface area contributed by atoms with Crippen LogP contribution >= 0.6 is 11.3 Å². The molecule has 1 aliphatic heterocycles. The quantitative estimate of drug-likeness (QED) is 0.578. The number of benzene rings is 1. The Labute approximate surface area is 167 Å². The van der Waals surface area contributed by atoms with E-state index in [2.05, 4.69) is 31.0 Å². The number of hydrogen-bond donors (Lipinski definition) is 1. The molecule has 3 aromatic heterocycles. The Morgan fingerprint density at radius 1 is 1.25 bits per heavy atom. The second-order valence-electron chi connectivity index (χ2n) is 8.00. The zero-order chi connectivity index (χ0) is 19.3. The maximum absolute atomic E-state index is 5.78. The fourth-order valence-electron chi connectivity index (χ4n) is 3.69. The minimum absolute atomic E-state index is 0.507. The van der Waals surface area contributed by atoms with Gasteiger partial charge in [-0.1, -0.05) is 13.8 Å². The highest BCUT2D eigenvalue weighted by molar-refractivity contribution is 7.19. The number of likely N-dealkylation sites (N-methyl/N-ethyl adjacent to an activating group) is 1. The molecule has 5 rings (SSSR count). The Hall–Kier alpha value is -2.51.